The highest BCUT2D eigenvalue weighted by Crippen LogP contribution is 2.12. The van der Waals surface area contributed by atoms with Gasteiger partial charge in [0.1, 0.15) is 0 Å². The molecule has 1 fully saturated rings. The van der Waals surface area contributed by atoms with Crippen molar-refractivity contribution in [2.24, 2.45) is 0 Å². The standard InChI is InChI=1S/C15H24N2O/c16-14-6-4-13(5-7-14)3-1-2-10-17-11-8-15(18)9-12-17/h4-7,15,18H,1-3,8-12,16H2. The van der Waals surface area contributed by atoms with Crippen molar-refractivity contribution in [2.75, 3.05) is 25.4 Å². The van der Waals surface area contributed by atoms with Crippen molar-refractivity contribution in [3.63, 3.8) is 0 Å². The average molecular weight is 248 g/mol. The van der Waals surface area contributed by atoms with Crippen LogP contribution in [-0.2, 0) is 6.42 Å². The molecular weight excluding hydrogens is 224 g/mol. The number of hydrogen-bond donors (Lipinski definition) is 2. The van der Waals surface area contributed by atoms with Crippen molar-refractivity contribution in [3.05, 3.63) is 29.8 Å². The summed E-state index contributed by atoms with van der Waals surface area (Å²) in [5, 5.41) is 9.43. The van der Waals surface area contributed by atoms with E-state index in [4.69, 9.17) is 5.73 Å². The van der Waals surface area contributed by atoms with Crippen molar-refractivity contribution in [2.45, 2.75) is 38.2 Å². The summed E-state index contributed by atoms with van der Waals surface area (Å²) in [7, 11) is 0. The van der Waals surface area contributed by atoms with Crippen LogP contribution in [0, 0.1) is 0 Å². The van der Waals surface area contributed by atoms with E-state index in [1.165, 1.54) is 24.9 Å². The predicted octanol–water partition coefficient (Wildman–Crippen LogP) is 2.05. The van der Waals surface area contributed by atoms with E-state index in [9.17, 15) is 5.11 Å². The third kappa shape index (κ3) is 4.31. The van der Waals surface area contributed by atoms with Crippen molar-refractivity contribution in [1.29, 1.82) is 0 Å². The largest absolute Gasteiger partial charge is 0.399 e. The van der Waals surface area contributed by atoms with Gasteiger partial charge >= 0.3 is 0 Å². The second kappa shape index (κ2) is 6.76. The Morgan fingerprint density at radius 1 is 1.11 bits per heavy atom. The highest BCUT2D eigenvalue weighted by atomic mass is 16.3. The first kappa shape index (κ1) is 13.4. The summed E-state index contributed by atoms with van der Waals surface area (Å²) < 4.78 is 0. The molecule has 1 aliphatic heterocycles. The number of benzene rings is 1. The van der Waals surface area contributed by atoms with Crippen LogP contribution in [0.4, 0.5) is 5.69 Å². The Hall–Kier alpha value is -1.06. The zero-order chi connectivity index (χ0) is 12.8. The van der Waals surface area contributed by atoms with Gasteiger partial charge < -0.3 is 15.7 Å². The summed E-state index contributed by atoms with van der Waals surface area (Å²) >= 11 is 0. The van der Waals surface area contributed by atoms with Gasteiger partial charge in [0.2, 0.25) is 0 Å². The van der Waals surface area contributed by atoms with Crippen molar-refractivity contribution in [3.8, 4) is 0 Å². The average Bonchev–Trinajstić information content (AvgIpc) is 2.39. The van der Waals surface area contributed by atoms with Crippen LogP contribution in [0.5, 0.6) is 0 Å². The van der Waals surface area contributed by atoms with Crippen LogP contribution >= 0.6 is 0 Å². The van der Waals surface area contributed by atoms with Gasteiger partial charge in [-0.25, -0.2) is 0 Å². The topological polar surface area (TPSA) is 49.5 Å². The van der Waals surface area contributed by atoms with E-state index in [0.29, 0.717) is 0 Å². The highest BCUT2D eigenvalue weighted by Gasteiger charge is 2.15. The fourth-order valence-corrected chi connectivity index (χ4v) is 2.49. The zero-order valence-corrected chi connectivity index (χ0v) is 11.0. The molecule has 3 N–H and O–H groups in total. The molecule has 0 aromatic heterocycles. The Bertz CT molecular complexity index is 342. The number of anilines is 1. The number of aliphatic hydroxyl groups excluding tert-OH is 1. The molecule has 18 heavy (non-hydrogen) atoms. The Labute approximate surface area is 110 Å². The van der Waals surface area contributed by atoms with Crippen LogP contribution in [0.3, 0.4) is 0 Å². The minimum Gasteiger partial charge on any atom is -0.399 e. The fraction of sp³-hybridized carbons (Fsp3) is 0.600. The minimum absolute atomic E-state index is 0.0592. The number of aliphatic hydroxyl groups is 1. The van der Waals surface area contributed by atoms with Gasteiger partial charge in [-0.1, -0.05) is 12.1 Å². The summed E-state index contributed by atoms with van der Waals surface area (Å²) in [6, 6.07) is 8.18. The van der Waals surface area contributed by atoms with Crippen LogP contribution < -0.4 is 5.73 Å². The molecule has 0 spiro atoms. The van der Waals surface area contributed by atoms with Gasteiger partial charge in [0, 0.05) is 18.8 Å². The lowest BCUT2D eigenvalue weighted by molar-refractivity contribution is 0.0818. The van der Waals surface area contributed by atoms with Gasteiger partial charge in [0.15, 0.2) is 0 Å². The lowest BCUT2D eigenvalue weighted by Gasteiger charge is -2.29. The fourth-order valence-electron chi connectivity index (χ4n) is 2.49. The lowest BCUT2D eigenvalue weighted by Crippen LogP contribution is -2.36. The molecule has 0 saturated carbocycles. The van der Waals surface area contributed by atoms with Crippen LogP contribution in [0.15, 0.2) is 24.3 Å². The maximum Gasteiger partial charge on any atom is 0.0564 e. The Morgan fingerprint density at radius 3 is 2.44 bits per heavy atom. The Morgan fingerprint density at radius 2 is 1.78 bits per heavy atom. The third-order valence-corrected chi connectivity index (χ3v) is 3.73. The maximum absolute atomic E-state index is 9.43. The molecule has 0 radical (unpaired) electrons. The minimum atomic E-state index is -0.0592. The first-order valence-corrected chi connectivity index (χ1v) is 6.99. The molecule has 0 atom stereocenters. The van der Waals surface area contributed by atoms with E-state index < -0.39 is 0 Å². The van der Waals surface area contributed by atoms with Crippen molar-refractivity contribution < 1.29 is 5.11 Å². The molecule has 0 amide bonds. The molecule has 1 heterocycles. The van der Waals surface area contributed by atoms with Gasteiger partial charge in [-0.3, -0.25) is 0 Å². The maximum atomic E-state index is 9.43. The summed E-state index contributed by atoms with van der Waals surface area (Å²) in [6.45, 7) is 3.29. The SMILES string of the molecule is Nc1ccc(CCCCN2CCC(O)CC2)cc1. The van der Waals surface area contributed by atoms with E-state index in [1.54, 1.807) is 0 Å². The molecular formula is C15H24N2O. The van der Waals surface area contributed by atoms with Crippen LogP contribution in [-0.4, -0.2) is 35.7 Å². The van der Waals surface area contributed by atoms with Gasteiger partial charge in [-0.15, -0.1) is 0 Å². The molecule has 0 bridgehead atoms. The second-order valence-corrected chi connectivity index (χ2v) is 5.27. The Balaban J connectivity index is 1.60. The van der Waals surface area contributed by atoms with E-state index in [1.807, 2.05) is 12.1 Å². The van der Waals surface area contributed by atoms with Crippen LogP contribution in [0.1, 0.15) is 31.2 Å². The zero-order valence-electron chi connectivity index (χ0n) is 11.0. The molecule has 1 aliphatic rings. The molecule has 3 nitrogen and oxygen atoms in total. The molecule has 100 valence electrons. The van der Waals surface area contributed by atoms with E-state index in [-0.39, 0.29) is 6.10 Å². The molecule has 2 rings (SSSR count). The van der Waals surface area contributed by atoms with Crippen LogP contribution in [0.2, 0.25) is 0 Å². The lowest BCUT2D eigenvalue weighted by atomic mass is 10.1. The number of nitrogen functional groups attached to an aromatic ring is 1. The van der Waals surface area contributed by atoms with Gasteiger partial charge in [-0.2, -0.15) is 0 Å². The van der Waals surface area contributed by atoms with Gasteiger partial charge in [0.05, 0.1) is 6.10 Å². The number of likely N-dealkylation sites (tertiary alicyclic amines) is 1. The first-order chi connectivity index (χ1) is 8.74. The third-order valence-electron chi connectivity index (χ3n) is 3.73. The van der Waals surface area contributed by atoms with Gasteiger partial charge in [-0.05, 0) is 56.3 Å². The number of nitrogens with two attached hydrogens (primary N) is 1. The van der Waals surface area contributed by atoms with E-state index in [2.05, 4.69) is 17.0 Å². The predicted molar refractivity (Wildman–Crippen MR) is 75.5 cm³/mol. The molecule has 0 unspecified atom stereocenters. The monoisotopic (exact) mass is 248 g/mol. The number of unbranched alkanes of at least 4 members (excludes halogenated alkanes) is 1. The summed E-state index contributed by atoms with van der Waals surface area (Å²) in [5.74, 6) is 0. The number of aryl methyl sites for hydroxylation is 1. The van der Waals surface area contributed by atoms with Crippen LogP contribution in [0.25, 0.3) is 0 Å². The molecule has 0 aliphatic carbocycles. The normalized spacial score (nSPS) is 18.1. The smallest absolute Gasteiger partial charge is 0.0564 e. The van der Waals surface area contributed by atoms with E-state index in [0.717, 1.165) is 38.0 Å². The Kier molecular flexibility index (Phi) is 5.02. The number of piperidine rings is 1. The molecule has 1 saturated heterocycles. The summed E-state index contributed by atoms with van der Waals surface area (Å²) in [4.78, 5) is 2.47. The van der Waals surface area contributed by atoms with E-state index >= 15 is 0 Å². The first-order valence-electron chi connectivity index (χ1n) is 6.99. The van der Waals surface area contributed by atoms with Crippen molar-refractivity contribution >= 4 is 5.69 Å². The summed E-state index contributed by atoms with van der Waals surface area (Å²) in [5.41, 5.74) is 7.88. The molecule has 1 aromatic rings. The number of hydrogen-bond acceptors (Lipinski definition) is 3. The number of nitrogens with zero attached hydrogens (tertiary/aromatic N) is 1. The quantitative estimate of drug-likeness (QED) is 0.619. The molecule has 3 heteroatoms. The highest BCUT2D eigenvalue weighted by molar-refractivity contribution is 5.39. The number of rotatable bonds is 5. The summed E-state index contributed by atoms with van der Waals surface area (Å²) in [6.07, 6.45) is 5.42. The molecule has 1 aromatic carbocycles. The second-order valence-electron chi connectivity index (χ2n) is 5.27. The van der Waals surface area contributed by atoms with Crippen molar-refractivity contribution in [1.82, 2.24) is 4.90 Å². The van der Waals surface area contributed by atoms with Gasteiger partial charge in [0.25, 0.3) is 0 Å².